The van der Waals surface area contributed by atoms with Gasteiger partial charge in [-0.2, -0.15) is 5.10 Å². The van der Waals surface area contributed by atoms with E-state index in [-0.39, 0.29) is 11.9 Å². The number of rotatable bonds is 6. The van der Waals surface area contributed by atoms with Gasteiger partial charge in [-0.25, -0.2) is 18.7 Å². The number of hydrogen-bond acceptors (Lipinski definition) is 5. The van der Waals surface area contributed by atoms with Gasteiger partial charge in [-0.1, -0.05) is 12.8 Å². The van der Waals surface area contributed by atoms with E-state index in [1.54, 1.807) is 29.8 Å². The number of nitrogens with one attached hydrogen (secondary N) is 2. The third kappa shape index (κ3) is 6.00. The van der Waals surface area contributed by atoms with Gasteiger partial charge in [0.1, 0.15) is 5.82 Å². The van der Waals surface area contributed by atoms with E-state index in [2.05, 4.69) is 15.7 Å². The van der Waals surface area contributed by atoms with E-state index in [4.69, 9.17) is 4.74 Å². The Morgan fingerprint density at radius 3 is 2.55 bits per heavy atom. The van der Waals surface area contributed by atoms with Crippen LogP contribution in [0.25, 0.3) is 11.8 Å². The molecule has 0 radical (unpaired) electrons. The molecular weight excluding hydrogens is 403 g/mol. The number of amides is 3. The molecule has 0 bridgehead atoms. The summed E-state index contributed by atoms with van der Waals surface area (Å²) in [5.41, 5.74) is 2.83. The first-order valence-electron chi connectivity index (χ1n) is 10.1. The van der Waals surface area contributed by atoms with Crippen molar-refractivity contribution in [3.05, 3.63) is 53.1 Å². The molecule has 9 heteroatoms. The molecule has 0 aliphatic heterocycles. The monoisotopic (exact) mass is 428 g/mol. The lowest BCUT2D eigenvalue weighted by Gasteiger charge is -2.12. The van der Waals surface area contributed by atoms with Crippen LogP contribution >= 0.6 is 0 Å². The molecule has 1 heterocycles. The topological polar surface area (TPSA) is 102 Å². The Kier molecular flexibility index (Phi) is 7.17. The summed E-state index contributed by atoms with van der Waals surface area (Å²) in [5.74, 6) is -1.76. The number of aromatic nitrogens is 2. The van der Waals surface area contributed by atoms with Crippen LogP contribution < -0.4 is 10.6 Å². The quantitative estimate of drug-likeness (QED) is 0.544. The number of aryl methyl sites for hydroxylation is 1. The minimum absolute atomic E-state index is 0.0839. The lowest BCUT2D eigenvalue weighted by Crippen LogP contribution is -2.44. The first-order chi connectivity index (χ1) is 14.8. The Morgan fingerprint density at radius 2 is 1.87 bits per heavy atom. The van der Waals surface area contributed by atoms with Crippen molar-refractivity contribution in [2.45, 2.75) is 45.6 Å². The summed E-state index contributed by atoms with van der Waals surface area (Å²) < 4.78 is 19.7. The van der Waals surface area contributed by atoms with Gasteiger partial charge in [0.2, 0.25) is 0 Å². The number of hydrogen-bond donors (Lipinski definition) is 2. The van der Waals surface area contributed by atoms with Gasteiger partial charge in [-0.3, -0.25) is 10.1 Å². The molecule has 0 saturated heterocycles. The number of halogens is 1. The number of carbonyl (C=O) groups excluding carboxylic acids is 3. The van der Waals surface area contributed by atoms with Crippen molar-refractivity contribution in [1.29, 1.82) is 0 Å². The van der Waals surface area contributed by atoms with E-state index in [9.17, 15) is 18.8 Å². The normalized spacial score (nSPS) is 14.0. The molecule has 1 aromatic heterocycles. The number of urea groups is 1. The molecular formula is C22H25FN4O4. The molecule has 31 heavy (non-hydrogen) atoms. The summed E-state index contributed by atoms with van der Waals surface area (Å²) in [7, 11) is 0. The number of carbonyl (C=O) groups is 3. The van der Waals surface area contributed by atoms with Crippen LogP contribution in [0.5, 0.6) is 0 Å². The second kappa shape index (κ2) is 10.0. The smallest absolute Gasteiger partial charge is 0.331 e. The highest BCUT2D eigenvalue weighted by Crippen LogP contribution is 2.20. The molecule has 2 aromatic rings. The number of nitrogens with zero attached hydrogens (tertiary/aromatic N) is 2. The van der Waals surface area contributed by atoms with Gasteiger partial charge in [0.25, 0.3) is 5.91 Å². The van der Waals surface area contributed by atoms with Gasteiger partial charge < -0.3 is 10.1 Å². The Morgan fingerprint density at radius 1 is 1.19 bits per heavy atom. The summed E-state index contributed by atoms with van der Waals surface area (Å²) in [5, 5.41) is 9.29. The Labute approximate surface area is 179 Å². The van der Waals surface area contributed by atoms with E-state index >= 15 is 0 Å². The summed E-state index contributed by atoms with van der Waals surface area (Å²) in [6.07, 6.45) is 6.66. The number of esters is 1. The molecule has 8 nitrogen and oxygen atoms in total. The van der Waals surface area contributed by atoms with E-state index in [0.29, 0.717) is 16.9 Å². The van der Waals surface area contributed by atoms with Gasteiger partial charge in [-0.05, 0) is 57.0 Å². The fourth-order valence-corrected chi connectivity index (χ4v) is 3.52. The van der Waals surface area contributed by atoms with E-state index in [0.717, 1.165) is 31.4 Å². The van der Waals surface area contributed by atoms with Crippen molar-refractivity contribution < 1.29 is 23.5 Å². The molecule has 1 aliphatic carbocycles. The summed E-state index contributed by atoms with van der Waals surface area (Å²) in [6.45, 7) is 3.05. The van der Waals surface area contributed by atoms with Crippen molar-refractivity contribution in [3.8, 4) is 5.69 Å². The van der Waals surface area contributed by atoms with Crippen molar-refractivity contribution in [3.63, 3.8) is 0 Å². The van der Waals surface area contributed by atoms with Crippen LogP contribution in [-0.2, 0) is 14.3 Å². The third-order valence-electron chi connectivity index (χ3n) is 5.09. The standard InChI is InChI=1S/C22H25FN4O4/c1-14-19(15(2)27(26-14)18-9-7-16(23)8-10-18)11-12-21(29)31-13-20(28)25-22(30)24-17-5-3-4-6-17/h7-12,17H,3-6,13H2,1-2H3,(H2,24,25,28,30)/b12-11+. The largest absolute Gasteiger partial charge is 0.452 e. The molecule has 0 atom stereocenters. The van der Waals surface area contributed by atoms with Crippen LogP contribution in [0, 0.1) is 19.7 Å². The van der Waals surface area contributed by atoms with Gasteiger partial charge >= 0.3 is 12.0 Å². The molecule has 1 saturated carbocycles. The van der Waals surface area contributed by atoms with E-state index in [1.807, 2.05) is 6.92 Å². The second-order valence-electron chi connectivity index (χ2n) is 7.42. The molecule has 1 aliphatic rings. The molecule has 3 amide bonds. The maximum absolute atomic E-state index is 13.1. The number of imide groups is 1. The lowest BCUT2D eigenvalue weighted by molar-refractivity contribution is -0.143. The summed E-state index contributed by atoms with van der Waals surface area (Å²) in [6, 6.07) is 5.41. The molecule has 1 aromatic carbocycles. The average molecular weight is 428 g/mol. The van der Waals surface area contributed by atoms with Crippen molar-refractivity contribution in [1.82, 2.24) is 20.4 Å². The zero-order valence-corrected chi connectivity index (χ0v) is 17.5. The SMILES string of the molecule is Cc1nn(-c2ccc(F)cc2)c(C)c1/C=C/C(=O)OCC(=O)NC(=O)NC1CCCC1. The summed E-state index contributed by atoms with van der Waals surface area (Å²) >= 11 is 0. The van der Waals surface area contributed by atoms with Crippen LogP contribution in [-0.4, -0.2) is 40.3 Å². The lowest BCUT2D eigenvalue weighted by atomic mass is 10.2. The van der Waals surface area contributed by atoms with Gasteiger partial charge in [0.05, 0.1) is 11.4 Å². The van der Waals surface area contributed by atoms with Gasteiger partial charge in [0.15, 0.2) is 6.61 Å². The Bertz CT molecular complexity index is 992. The fourth-order valence-electron chi connectivity index (χ4n) is 3.52. The first-order valence-corrected chi connectivity index (χ1v) is 10.1. The van der Waals surface area contributed by atoms with Gasteiger partial charge in [-0.15, -0.1) is 0 Å². The fraction of sp³-hybridized carbons (Fsp3) is 0.364. The molecule has 1 fully saturated rings. The van der Waals surface area contributed by atoms with Crippen molar-refractivity contribution in [2.75, 3.05) is 6.61 Å². The average Bonchev–Trinajstić information content (AvgIpc) is 3.33. The van der Waals surface area contributed by atoms with Crippen molar-refractivity contribution in [2.24, 2.45) is 0 Å². The Hall–Kier alpha value is -3.49. The number of ether oxygens (including phenoxy) is 1. The predicted molar refractivity (Wildman–Crippen MR) is 112 cm³/mol. The van der Waals surface area contributed by atoms with Crippen LogP contribution in [0.3, 0.4) is 0 Å². The Balaban J connectivity index is 1.52. The van der Waals surface area contributed by atoms with Crippen molar-refractivity contribution >= 4 is 24.0 Å². The van der Waals surface area contributed by atoms with E-state index in [1.165, 1.54) is 18.2 Å². The molecule has 2 N–H and O–H groups in total. The molecule has 3 rings (SSSR count). The second-order valence-corrected chi connectivity index (χ2v) is 7.42. The minimum Gasteiger partial charge on any atom is -0.452 e. The van der Waals surface area contributed by atoms with Crippen LogP contribution in [0.2, 0.25) is 0 Å². The highest BCUT2D eigenvalue weighted by Gasteiger charge is 2.18. The van der Waals surface area contributed by atoms with Crippen LogP contribution in [0.1, 0.15) is 42.6 Å². The third-order valence-corrected chi connectivity index (χ3v) is 5.09. The molecule has 164 valence electrons. The van der Waals surface area contributed by atoms with Gasteiger partial charge in [0, 0.05) is 23.4 Å². The highest BCUT2D eigenvalue weighted by atomic mass is 19.1. The van der Waals surface area contributed by atoms with Crippen LogP contribution in [0.4, 0.5) is 9.18 Å². The predicted octanol–water partition coefficient (Wildman–Crippen LogP) is 2.95. The first kappa shape index (κ1) is 22.2. The molecule has 0 unspecified atom stereocenters. The maximum atomic E-state index is 13.1. The van der Waals surface area contributed by atoms with Crippen LogP contribution in [0.15, 0.2) is 30.3 Å². The summed E-state index contributed by atoms with van der Waals surface area (Å²) in [4.78, 5) is 35.5. The minimum atomic E-state index is -0.723. The highest BCUT2D eigenvalue weighted by molar-refractivity contribution is 5.96. The maximum Gasteiger partial charge on any atom is 0.331 e. The zero-order valence-electron chi connectivity index (χ0n) is 17.5. The molecule has 0 spiro atoms. The number of benzene rings is 1. The van der Waals surface area contributed by atoms with E-state index < -0.39 is 24.5 Å². The zero-order chi connectivity index (χ0) is 22.4.